The first kappa shape index (κ1) is 20.7. The molecule has 1 atom stereocenters. The number of aryl methyl sites for hydroxylation is 1. The number of halogens is 1. The molecule has 1 fully saturated rings. The van der Waals surface area contributed by atoms with Gasteiger partial charge in [0.15, 0.2) is 0 Å². The first-order valence-corrected chi connectivity index (χ1v) is 11.2. The Bertz CT molecular complexity index is 983. The highest BCUT2D eigenvalue weighted by Gasteiger charge is 2.51. The van der Waals surface area contributed by atoms with Crippen molar-refractivity contribution in [3.05, 3.63) is 58.6 Å². The van der Waals surface area contributed by atoms with Crippen LogP contribution < -0.4 is 10.0 Å². The largest absolute Gasteiger partial charge is 0.353 e. The Morgan fingerprint density at radius 2 is 1.82 bits per heavy atom. The molecule has 5 nitrogen and oxygen atoms in total. The summed E-state index contributed by atoms with van der Waals surface area (Å²) in [6.07, 6.45) is 2.50. The van der Waals surface area contributed by atoms with Gasteiger partial charge in [0.25, 0.3) is 10.0 Å². The Labute approximate surface area is 171 Å². The minimum absolute atomic E-state index is 0.0458. The van der Waals surface area contributed by atoms with Crippen LogP contribution in [0, 0.1) is 6.92 Å². The number of hydrogen-bond acceptors (Lipinski definition) is 3. The summed E-state index contributed by atoms with van der Waals surface area (Å²) in [6.45, 7) is 5.84. The van der Waals surface area contributed by atoms with Gasteiger partial charge in [-0.05, 0) is 68.5 Å². The van der Waals surface area contributed by atoms with Crippen molar-refractivity contribution in [2.75, 3.05) is 4.72 Å². The monoisotopic (exact) mass is 420 g/mol. The molecule has 0 radical (unpaired) electrons. The molecule has 0 saturated heterocycles. The number of sulfonamides is 1. The number of carbonyl (C=O) groups excluding carboxylic acids is 1. The van der Waals surface area contributed by atoms with Crippen LogP contribution in [0.4, 0.5) is 5.69 Å². The molecule has 1 amide bonds. The van der Waals surface area contributed by atoms with E-state index in [4.69, 9.17) is 11.6 Å². The zero-order valence-corrected chi connectivity index (χ0v) is 17.8. The van der Waals surface area contributed by atoms with Crippen molar-refractivity contribution >= 4 is 33.2 Å². The third-order valence-corrected chi connectivity index (χ3v) is 7.10. The fourth-order valence-electron chi connectivity index (χ4n) is 3.05. The molecule has 0 spiro atoms. The lowest BCUT2D eigenvalue weighted by molar-refractivity contribution is -0.124. The third kappa shape index (κ3) is 4.18. The molecule has 2 aromatic carbocycles. The fourth-order valence-corrected chi connectivity index (χ4v) is 4.38. The van der Waals surface area contributed by atoms with Crippen LogP contribution in [0.15, 0.2) is 47.4 Å². The molecule has 0 bridgehead atoms. The molecule has 2 N–H and O–H groups in total. The smallest absolute Gasteiger partial charge is 0.261 e. The number of nitrogens with one attached hydrogen (secondary N) is 2. The highest BCUT2D eigenvalue weighted by Crippen LogP contribution is 2.48. The normalized spacial score (nSPS) is 16.3. The molecule has 0 aromatic heterocycles. The maximum Gasteiger partial charge on any atom is 0.261 e. The number of rotatable bonds is 7. The van der Waals surface area contributed by atoms with Gasteiger partial charge >= 0.3 is 0 Å². The number of anilines is 1. The second-order valence-corrected chi connectivity index (χ2v) is 9.55. The average Bonchev–Trinajstić information content (AvgIpc) is 3.46. The molecule has 0 aliphatic heterocycles. The number of benzene rings is 2. The summed E-state index contributed by atoms with van der Waals surface area (Å²) in [4.78, 5) is 12.7. The van der Waals surface area contributed by atoms with Gasteiger partial charge in [-0.25, -0.2) is 8.42 Å². The summed E-state index contributed by atoms with van der Waals surface area (Å²) < 4.78 is 27.7. The van der Waals surface area contributed by atoms with Crippen LogP contribution in [-0.4, -0.2) is 20.4 Å². The Kier molecular flexibility index (Phi) is 5.73. The van der Waals surface area contributed by atoms with Crippen molar-refractivity contribution in [2.24, 2.45) is 0 Å². The van der Waals surface area contributed by atoms with Crippen molar-refractivity contribution in [3.63, 3.8) is 0 Å². The standard InChI is InChI=1S/C21H25ClN2O3S/c1-4-15(3)23-20(25)21(11-12-21)16-6-8-17(9-7-16)24-28(26,27)18-10-5-14(2)19(22)13-18/h5-10,13,15,24H,4,11-12H2,1-3H3,(H,23,25)/t15-/m1/s1. The molecule has 1 aliphatic rings. The molecular weight excluding hydrogens is 396 g/mol. The maximum absolute atomic E-state index is 12.6. The van der Waals surface area contributed by atoms with Crippen LogP contribution in [0.2, 0.25) is 5.02 Å². The SMILES string of the molecule is CC[C@@H](C)NC(=O)C1(c2ccc(NS(=O)(=O)c3ccc(C)c(Cl)c3)cc2)CC1. The zero-order valence-electron chi connectivity index (χ0n) is 16.3. The van der Waals surface area contributed by atoms with Gasteiger partial charge in [-0.15, -0.1) is 0 Å². The first-order valence-electron chi connectivity index (χ1n) is 9.38. The van der Waals surface area contributed by atoms with E-state index in [1.807, 2.05) is 32.9 Å². The lowest BCUT2D eigenvalue weighted by atomic mass is 9.94. The van der Waals surface area contributed by atoms with Gasteiger partial charge < -0.3 is 5.32 Å². The lowest BCUT2D eigenvalue weighted by Crippen LogP contribution is -2.39. The van der Waals surface area contributed by atoms with Gasteiger partial charge in [0, 0.05) is 16.8 Å². The molecule has 28 heavy (non-hydrogen) atoms. The zero-order chi connectivity index (χ0) is 20.5. The van der Waals surface area contributed by atoms with E-state index in [0.29, 0.717) is 10.7 Å². The van der Waals surface area contributed by atoms with E-state index < -0.39 is 15.4 Å². The van der Waals surface area contributed by atoms with E-state index in [1.54, 1.807) is 18.2 Å². The van der Waals surface area contributed by atoms with Crippen molar-refractivity contribution in [3.8, 4) is 0 Å². The molecule has 0 unspecified atom stereocenters. The quantitative estimate of drug-likeness (QED) is 0.697. The van der Waals surface area contributed by atoms with Gasteiger partial charge in [-0.3, -0.25) is 9.52 Å². The van der Waals surface area contributed by atoms with Crippen LogP contribution >= 0.6 is 11.6 Å². The predicted molar refractivity (Wildman–Crippen MR) is 112 cm³/mol. The van der Waals surface area contributed by atoms with Gasteiger partial charge in [-0.2, -0.15) is 0 Å². The molecule has 7 heteroatoms. The van der Waals surface area contributed by atoms with Crippen molar-refractivity contribution < 1.29 is 13.2 Å². The van der Waals surface area contributed by atoms with E-state index in [0.717, 1.165) is 30.4 Å². The highest BCUT2D eigenvalue weighted by molar-refractivity contribution is 7.92. The Balaban J connectivity index is 1.76. The minimum atomic E-state index is -3.73. The fraction of sp³-hybridized carbons (Fsp3) is 0.381. The second kappa shape index (κ2) is 7.76. The first-order chi connectivity index (χ1) is 13.2. The van der Waals surface area contributed by atoms with E-state index in [2.05, 4.69) is 10.0 Å². The van der Waals surface area contributed by atoms with E-state index >= 15 is 0 Å². The maximum atomic E-state index is 12.6. The van der Waals surface area contributed by atoms with E-state index in [1.165, 1.54) is 12.1 Å². The van der Waals surface area contributed by atoms with Crippen molar-refractivity contribution in [2.45, 2.75) is 56.4 Å². The topological polar surface area (TPSA) is 75.3 Å². The summed E-state index contributed by atoms with van der Waals surface area (Å²) in [5, 5.41) is 3.46. The number of amides is 1. The van der Waals surface area contributed by atoms with Crippen LogP contribution in [0.25, 0.3) is 0 Å². The molecule has 0 heterocycles. The van der Waals surface area contributed by atoms with Crippen LogP contribution in [0.5, 0.6) is 0 Å². The predicted octanol–water partition coefficient (Wildman–Crippen LogP) is 4.40. The summed E-state index contributed by atoms with van der Waals surface area (Å²) in [6, 6.07) is 11.8. The Hall–Kier alpha value is -2.05. The van der Waals surface area contributed by atoms with Crippen LogP contribution in [0.3, 0.4) is 0 Å². The second-order valence-electron chi connectivity index (χ2n) is 7.46. The third-order valence-electron chi connectivity index (χ3n) is 5.32. The molecule has 1 saturated carbocycles. The van der Waals surface area contributed by atoms with E-state index in [9.17, 15) is 13.2 Å². The van der Waals surface area contributed by atoms with Crippen LogP contribution in [-0.2, 0) is 20.2 Å². The van der Waals surface area contributed by atoms with Gasteiger partial charge in [0.05, 0.1) is 10.3 Å². The summed E-state index contributed by atoms with van der Waals surface area (Å²) in [7, 11) is -3.73. The van der Waals surface area contributed by atoms with Crippen LogP contribution in [0.1, 0.15) is 44.2 Å². The summed E-state index contributed by atoms with van der Waals surface area (Å²) >= 11 is 6.05. The molecule has 1 aliphatic carbocycles. The number of carbonyl (C=O) groups is 1. The van der Waals surface area contributed by atoms with Crippen molar-refractivity contribution in [1.82, 2.24) is 5.32 Å². The Morgan fingerprint density at radius 3 is 2.36 bits per heavy atom. The summed E-state index contributed by atoms with van der Waals surface area (Å²) in [5.41, 5.74) is 1.69. The van der Waals surface area contributed by atoms with E-state index in [-0.39, 0.29) is 16.8 Å². The van der Waals surface area contributed by atoms with Gasteiger partial charge in [-0.1, -0.05) is 36.7 Å². The molecule has 2 aromatic rings. The molecule has 150 valence electrons. The van der Waals surface area contributed by atoms with Gasteiger partial charge in [0.2, 0.25) is 5.91 Å². The lowest BCUT2D eigenvalue weighted by Gasteiger charge is -2.19. The highest BCUT2D eigenvalue weighted by atomic mass is 35.5. The molecular formula is C21H25ClN2O3S. The van der Waals surface area contributed by atoms with Crippen molar-refractivity contribution in [1.29, 1.82) is 0 Å². The van der Waals surface area contributed by atoms with Gasteiger partial charge in [0.1, 0.15) is 0 Å². The minimum Gasteiger partial charge on any atom is -0.353 e. The number of hydrogen-bond donors (Lipinski definition) is 2. The Morgan fingerprint density at radius 1 is 1.18 bits per heavy atom. The summed E-state index contributed by atoms with van der Waals surface area (Å²) in [5.74, 6) is 0.0458. The molecule has 3 rings (SSSR count). The average molecular weight is 421 g/mol.